The molecule has 0 saturated heterocycles. The first kappa shape index (κ1) is 23.6. The number of thiophene rings is 1. The molecule has 2 aromatic rings. The van der Waals surface area contributed by atoms with Crippen molar-refractivity contribution < 1.29 is 8.42 Å². The molecule has 0 aromatic carbocycles. The molecule has 10 nitrogen and oxygen atoms in total. The summed E-state index contributed by atoms with van der Waals surface area (Å²) in [6.45, 7) is 4.15. The van der Waals surface area contributed by atoms with E-state index in [-0.39, 0.29) is 12.1 Å². The average molecular weight is 527 g/mol. The second-order valence-corrected chi connectivity index (χ2v) is 12.6. The number of aryl methyl sites for hydroxylation is 2. The molecule has 5 heterocycles. The van der Waals surface area contributed by atoms with Crippen molar-refractivity contribution in [1.82, 2.24) is 24.7 Å². The Bertz CT molecular complexity index is 1410. The third-order valence-corrected chi connectivity index (χ3v) is 10.3. The average Bonchev–Trinajstić information content (AvgIpc) is 3.55. The summed E-state index contributed by atoms with van der Waals surface area (Å²) in [5.41, 5.74) is 3.84. The van der Waals surface area contributed by atoms with E-state index in [1.165, 1.54) is 11.3 Å². The lowest BCUT2D eigenvalue weighted by Gasteiger charge is -2.29. The monoisotopic (exact) mass is 526 g/mol. The van der Waals surface area contributed by atoms with E-state index in [4.69, 9.17) is 9.98 Å². The summed E-state index contributed by atoms with van der Waals surface area (Å²) < 4.78 is 31.0. The third kappa shape index (κ3) is 4.42. The molecule has 6 rings (SSSR count). The highest BCUT2D eigenvalue weighted by molar-refractivity contribution is 7.91. The van der Waals surface area contributed by atoms with Crippen LogP contribution in [0, 0.1) is 6.92 Å². The number of rotatable bonds is 6. The first-order valence-corrected chi connectivity index (χ1v) is 14.6. The first-order chi connectivity index (χ1) is 17.4. The van der Waals surface area contributed by atoms with E-state index in [1.54, 1.807) is 4.68 Å². The number of hydrogen-bond donors (Lipinski definition) is 3. The number of anilines is 1. The van der Waals surface area contributed by atoms with Crippen LogP contribution in [0.1, 0.15) is 42.9 Å². The molecule has 36 heavy (non-hydrogen) atoms. The number of sulfonamides is 1. The molecule has 1 unspecified atom stereocenters. The Morgan fingerprint density at radius 1 is 1.28 bits per heavy atom. The highest BCUT2D eigenvalue weighted by atomic mass is 32.2. The number of hydrogen-bond acceptors (Lipinski definition) is 9. The predicted molar refractivity (Wildman–Crippen MR) is 142 cm³/mol. The molecule has 1 fully saturated rings. The van der Waals surface area contributed by atoms with Gasteiger partial charge in [0.15, 0.2) is 11.7 Å². The molecule has 0 bridgehead atoms. The van der Waals surface area contributed by atoms with Crippen LogP contribution in [-0.2, 0) is 17.1 Å². The van der Waals surface area contributed by atoms with E-state index in [1.807, 2.05) is 32.4 Å². The molecule has 190 valence electrons. The fourth-order valence-corrected chi connectivity index (χ4v) is 7.75. The van der Waals surface area contributed by atoms with Gasteiger partial charge in [-0.1, -0.05) is 12.5 Å². The van der Waals surface area contributed by atoms with E-state index < -0.39 is 10.0 Å². The Morgan fingerprint density at radius 3 is 2.83 bits per heavy atom. The molecule has 1 atom stereocenters. The standard InChI is InChI=1S/C24H30N8O2S2/c1-15-9-21(35-24(15)36(33,34)30-18-6-3-7-18)29-22-23-26-12-20(17-11-27-31(2)13-17)32(23)14-19(28-22)16-5-4-8-25-10-16/h5,9,11,13-14,18,20,25,30H,3-4,6-8,10,12H2,1-2H3,(H,28,29). The zero-order valence-electron chi connectivity index (χ0n) is 20.4. The fraction of sp³-hybridized carbons (Fsp3) is 0.458. The molecule has 3 N–H and O–H groups in total. The number of nitrogens with one attached hydrogen (secondary N) is 3. The van der Waals surface area contributed by atoms with Crippen LogP contribution in [-0.4, -0.2) is 60.4 Å². The summed E-state index contributed by atoms with van der Waals surface area (Å²) in [6, 6.07) is 1.95. The van der Waals surface area contributed by atoms with Crippen LogP contribution < -0.4 is 15.4 Å². The topological polar surface area (TPSA) is 116 Å². The first-order valence-electron chi connectivity index (χ1n) is 12.3. The van der Waals surface area contributed by atoms with E-state index in [0.29, 0.717) is 16.6 Å². The van der Waals surface area contributed by atoms with Crippen molar-refractivity contribution in [2.45, 2.75) is 48.9 Å². The summed E-state index contributed by atoms with van der Waals surface area (Å²) >= 11 is 1.23. The highest BCUT2D eigenvalue weighted by Gasteiger charge is 2.35. The Morgan fingerprint density at radius 2 is 2.14 bits per heavy atom. The van der Waals surface area contributed by atoms with Crippen LogP contribution in [0.4, 0.5) is 5.00 Å². The minimum absolute atomic E-state index is 0.0286. The summed E-state index contributed by atoms with van der Waals surface area (Å²) in [6.07, 6.45) is 12.0. The molecule has 1 aliphatic carbocycles. The van der Waals surface area contributed by atoms with Gasteiger partial charge in [-0.3, -0.25) is 9.67 Å². The minimum Gasteiger partial charge on any atom is -0.329 e. The van der Waals surface area contributed by atoms with Gasteiger partial charge in [-0.15, -0.1) is 11.3 Å². The molecule has 2 aromatic heterocycles. The quantitative estimate of drug-likeness (QED) is 0.533. The van der Waals surface area contributed by atoms with Gasteiger partial charge < -0.3 is 15.5 Å². The van der Waals surface area contributed by atoms with Crippen molar-refractivity contribution in [3.63, 3.8) is 0 Å². The van der Waals surface area contributed by atoms with Gasteiger partial charge in [0.25, 0.3) is 10.0 Å². The lowest BCUT2D eigenvalue weighted by atomic mass is 9.94. The van der Waals surface area contributed by atoms with Gasteiger partial charge in [-0.25, -0.2) is 18.1 Å². The summed E-state index contributed by atoms with van der Waals surface area (Å²) in [5, 5.41) is 11.9. The maximum absolute atomic E-state index is 13.0. The number of nitrogens with zero attached hydrogens (tertiary/aromatic N) is 5. The minimum atomic E-state index is -3.55. The second-order valence-electron chi connectivity index (χ2n) is 9.66. The number of aromatic nitrogens is 2. The molecule has 1 saturated carbocycles. The largest absolute Gasteiger partial charge is 0.329 e. The smallest absolute Gasteiger partial charge is 0.250 e. The van der Waals surface area contributed by atoms with Crippen LogP contribution in [0.25, 0.3) is 0 Å². The zero-order chi connectivity index (χ0) is 24.9. The SMILES string of the molecule is Cc1cc(NC2=NC(C3=CCCNC3)=CN3C2=NCC3c2cnn(C)c2)sc1S(=O)(=O)NC1CCC1. The van der Waals surface area contributed by atoms with Crippen molar-refractivity contribution in [2.24, 2.45) is 17.0 Å². The van der Waals surface area contributed by atoms with Gasteiger partial charge in [0.1, 0.15) is 4.21 Å². The van der Waals surface area contributed by atoms with Crippen LogP contribution in [0.15, 0.2) is 56.2 Å². The van der Waals surface area contributed by atoms with Gasteiger partial charge in [-0.2, -0.15) is 5.10 Å². The number of aliphatic imine (C=N–C) groups is 2. The third-order valence-electron chi connectivity index (χ3n) is 6.95. The summed E-state index contributed by atoms with van der Waals surface area (Å²) in [5.74, 6) is 1.38. The van der Waals surface area contributed by atoms with E-state index in [9.17, 15) is 8.42 Å². The Labute approximate surface area is 214 Å². The Balaban J connectivity index is 1.31. The molecule has 0 amide bonds. The lowest BCUT2D eigenvalue weighted by molar-refractivity contribution is 0.384. The van der Waals surface area contributed by atoms with Crippen molar-refractivity contribution in [3.05, 3.63) is 53.1 Å². The molecular formula is C24H30N8O2S2. The molecule has 0 radical (unpaired) electrons. The van der Waals surface area contributed by atoms with E-state index in [0.717, 1.165) is 72.0 Å². The molecule has 0 spiro atoms. The fourth-order valence-electron chi connectivity index (χ4n) is 4.83. The van der Waals surface area contributed by atoms with Gasteiger partial charge in [-0.05, 0) is 49.9 Å². The van der Waals surface area contributed by atoms with Gasteiger partial charge in [0, 0.05) is 37.6 Å². The molecule has 12 heteroatoms. The van der Waals surface area contributed by atoms with Crippen LogP contribution in [0.3, 0.4) is 0 Å². The lowest BCUT2D eigenvalue weighted by Crippen LogP contribution is -2.39. The van der Waals surface area contributed by atoms with Crippen molar-refractivity contribution in [1.29, 1.82) is 0 Å². The van der Waals surface area contributed by atoms with Crippen LogP contribution >= 0.6 is 11.3 Å². The van der Waals surface area contributed by atoms with E-state index in [2.05, 4.69) is 37.6 Å². The Kier molecular flexibility index (Phi) is 6.06. The van der Waals surface area contributed by atoms with Gasteiger partial charge in [0.05, 0.1) is 29.5 Å². The maximum Gasteiger partial charge on any atom is 0.250 e. The van der Waals surface area contributed by atoms with Crippen molar-refractivity contribution >= 4 is 38.0 Å². The Hall–Kier alpha value is -2.80. The van der Waals surface area contributed by atoms with Gasteiger partial charge in [0.2, 0.25) is 0 Å². The van der Waals surface area contributed by atoms with Crippen molar-refractivity contribution in [2.75, 3.05) is 25.0 Å². The molecule has 4 aliphatic rings. The summed E-state index contributed by atoms with van der Waals surface area (Å²) in [7, 11) is -1.64. The van der Waals surface area contributed by atoms with Crippen LogP contribution in [0.2, 0.25) is 0 Å². The van der Waals surface area contributed by atoms with Crippen LogP contribution in [0.5, 0.6) is 0 Å². The van der Waals surface area contributed by atoms with E-state index >= 15 is 0 Å². The number of amidine groups is 2. The molecule has 3 aliphatic heterocycles. The van der Waals surface area contributed by atoms with Crippen molar-refractivity contribution in [3.8, 4) is 0 Å². The number of fused-ring (bicyclic) bond motifs is 1. The highest BCUT2D eigenvalue weighted by Crippen LogP contribution is 2.35. The predicted octanol–water partition coefficient (Wildman–Crippen LogP) is 2.66. The normalized spacial score (nSPS) is 22.4. The second kappa shape index (κ2) is 9.25. The summed E-state index contributed by atoms with van der Waals surface area (Å²) in [4.78, 5) is 11.9. The molecular weight excluding hydrogens is 496 g/mol. The maximum atomic E-state index is 13.0. The van der Waals surface area contributed by atoms with Gasteiger partial charge >= 0.3 is 0 Å². The zero-order valence-corrected chi connectivity index (χ0v) is 22.0.